The van der Waals surface area contributed by atoms with Crippen LogP contribution in [0.25, 0.3) is 5.70 Å². The summed E-state index contributed by atoms with van der Waals surface area (Å²) in [6.45, 7) is 0. The summed E-state index contributed by atoms with van der Waals surface area (Å²) in [5.74, 6) is -0.169. The molecule has 2 rings (SSSR count). The Bertz CT molecular complexity index is 408. The number of benzene rings is 1. The molecule has 0 bridgehead atoms. The number of aliphatic hydroxyl groups excluding tert-OH is 1. The number of nitrogens with zero attached hydrogens (tertiary/aromatic N) is 2. The van der Waals surface area contributed by atoms with Gasteiger partial charge in [0.15, 0.2) is 5.70 Å². The summed E-state index contributed by atoms with van der Waals surface area (Å²) >= 11 is 0. The zero-order chi connectivity index (χ0) is 9.97. The average Bonchev–Trinajstić information content (AvgIpc) is 2.61. The fraction of sp³-hybridized carbons (Fsp3) is 0. The van der Waals surface area contributed by atoms with Crippen LogP contribution in [0.4, 0.5) is 0 Å². The SMILES string of the molecule is N#CN1ONC(O)=C1c1ccccc1. The van der Waals surface area contributed by atoms with Gasteiger partial charge in [-0.25, -0.2) is 5.48 Å². The number of nitriles is 1. The minimum absolute atomic E-state index is 0.169. The summed E-state index contributed by atoms with van der Waals surface area (Å²) in [6, 6.07) is 9.01. The van der Waals surface area contributed by atoms with Crippen molar-refractivity contribution in [1.82, 2.24) is 10.5 Å². The van der Waals surface area contributed by atoms with Crippen molar-refractivity contribution in [2.45, 2.75) is 0 Å². The molecule has 0 spiro atoms. The predicted molar refractivity (Wildman–Crippen MR) is 47.7 cm³/mol. The quantitative estimate of drug-likeness (QED) is 0.647. The van der Waals surface area contributed by atoms with E-state index < -0.39 is 0 Å². The van der Waals surface area contributed by atoms with Crippen LogP contribution < -0.4 is 5.48 Å². The third kappa shape index (κ3) is 1.24. The molecule has 0 saturated carbocycles. The van der Waals surface area contributed by atoms with Gasteiger partial charge in [0.1, 0.15) is 0 Å². The Balaban J connectivity index is 2.43. The van der Waals surface area contributed by atoms with Crippen molar-refractivity contribution < 1.29 is 10.0 Å². The number of nitrogens with one attached hydrogen (secondary N) is 1. The molecule has 70 valence electrons. The van der Waals surface area contributed by atoms with Crippen molar-refractivity contribution in [3.8, 4) is 6.19 Å². The first-order chi connectivity index (χ1) is 6.83. The molecule has 1 aromatic rings. The number of hydroxylamine groups is 3. The molecule has 1 heterocycles. The molecule has 1 aliphatic heterocycles. The normalized spacial score (nSPS) is 15.2. The van der Waals surface area contributed by atoms with E-state index in [1.165, 1.54) is 0 Å². The lowest BCUT2D eigenvalue weighted by atomic mass is 10.1. The highest BCUT2D eigenvalue weighted by Gasteiger charge is 2.24. The van der Waals surface area contributed by atoms with Crippen molar-refractivity contribution in [2.24, 2.45) is 0 Å². The van der Waals surface area contributed by atoms with E-state index >= 15 is 0 Å². The van der Waals surface area contributed by atoms with Crippen LogP contribution in [-0.4, -0.2) is 10.2 Å². The van der Waals surface area contributed by atoms with Gasteiger partial charge in [0.25, 0.3) is 0 Å². The maximum atomic E-state index is 9.39. The Morgan fingerprint density at radius 1 is 1.36 bits per heavy atom. The largest absolute Gasteiger partial charge is 0.492 e. The van der Waals surface area contributed by atoms with Crippen LogP contribution in [0.15, 0.2) is 36.2 Å². The van der Waals surface area contributed by atoms with E-state index in [1.807, 2.05) is 18.2 Å². The Labute approximate surface area is 80.3 Å². The average molecular weight is 189 g/mol. The van der Waals surface area contributed by atoms with E-state index in [0.717, 1.165) is 5.06 Å². The lowest BCUT2D eigenvalue weighted by Gasteiger charge is -2.07. The zero-order valence-electron chi connectivity index (χ0n) is 7.14. The second-order valence-corrected chi connectivity index (χ2v) is 2.65. The Morgan fingerprint density at radius 2 is 2.07 bits per heavy atom. The van der Waals surface area contributed by atoms with Gasteiger partial charge in [-0.05, 0) is 0 Å². The van der Waals surface area contributed by atoms with Crippen LogP contribution >= 0.6 is 0 Å². The summed E-state index contributed by atoms with van der Waals surface area (Å²) in [7, 11) is 0. The lowest BCUT2D eigenvalue weighted by molar-refractivity contribution is -0.102. The third-order valence-electron chi connectivity index (χ3n) is 1.80. The highest BCUT2D eigenvalue weighted by atomic mass is 16.8. The van der Waals surface area contributed by atoms with E-state index in [9.17, 15) is 5.11 Å². The minimum atomic E-state index is -0.169. The lowest BCUT2D eigenvalue weighted by Crippen LogP contribution is -2.14. The monoisotopic (exact) mass is 189 g/mol. The van der Waals surface area contributed by atoms with Gasteiger partial charge < -0.3 is 5.11 Å². The van der Waals surface area contributed by atoms with Gasteiger partial charge in [0, 0.05) is 5.56 Å². The Kier molecular flexibility index (Phi) is 1.97. The molecule has 0 aromatic heterocycles. The van der Waals surface area contributed by atoms with Gasteiger partial charge in [0.2, 0.25) is 12.1 Å². The molecule has 5 heteroatoms. The van der Waals surface area contributed by atoms with Gasteiger partial charge >= 0.3 is 0 Å². The van der Waals surface area contributed by atoms with Crippen LogP contribution in [0, 0.1) is 11.5 Å². The molecule has 0 atom stereocenters. The molecule has 0 fully saturated rings. The van der Waals surface area contributed by atoms with E-state index in [1.54, 1.807) is 18.3 Å². The highest BCUT2D eigenvalue weighted by Crippen LogP contribution is 2.24. The predicted octanol–water partition coefficient (Wildman–Crippen LogP) is 1.10. The van der Waals surface area contributed by atoms with Crippen molar-refractivity contribution in [2.75, 3.05) is 0 Å². The summed E-state index contributed by atoms with van der Waals surface area (Å²) in [4.78, 5) is 4.68. The summed E-state index contributed by atoms with van der Waals surface area (Å²) in [5, 5.41) is 19.0. The molecule has 5 nitrogen and oxygen atoms in total. The summed E-state index contributed by atoms with van der Waals surface area (Å²) in [6.07, 6.45) is 1.77. The van der Waals surface area contributed by atoms with Crippen molar-refractivity contribution in [3.05, 3.63) is 41.8 Å². The van der Waals surface area contributed by atoms with Gasteiger partial charge in [-0.1, -0.05) is 30.3 Å². The second kappa shape index (κ2) is 3.28. The molecule has 1 aliphatic rings. The molecule has 0 amide bonds. The van der Waals surface area contributed by atoms with Gasteiger partial charge in [-0.15, -0.1) is 10.0 Å². The van der Waals surface area contributed by atoms with Crippen molar-refractivity contribution in [1.29, 1.82) is 5.26 Å². The fourth-order valence-electron chi connectivity index (χ4n) is 1.20. The Morgan fingerprint density at radius 3 is 2.71 bits per heavy atom. The molecule has 0 saturated heterocycles. The van der Waals surface area contributed by atoms with E-state index in [-0.39, 0.29) is 5.88 Å². The summed E-state index contributed by atoms with van der Waals surface area (Å²) in [5.41, 5.74) is 3.23. The second-order valence-electron chi connectivity index (χ2n) is 2.65. The minimum Gasteiger partial charge on any atom is -0.492 e. The number of hydrogen-bond donors (Lipinski definition) is 2. The number of aliphatic hydroxyl groups is 1. The molecule has 0 radical (unpaired) electrons. The molecular formula is C9H7N3O2. The molecule has 14 heavy (non-hydrogen) atoms. The first-order valence-electron chi connectivity index (χ1n) is 3.94. The highest BCUT2D eigenvalue weighted by molar-refractivity contribution is 5.66. The fourth-order valence-corrected chi connectivity index (χ4v) is 1.20. The maximum Gasteiger partial charge on any atom is 0.239 e. The smallest absolute Gasteiger partial charge is 0.239 e. The zero-order valence-corrected chi connectivity index (χ0v) is 7.14. The standard InChI is InChI=1S/C9H7N3O2/c10-6-12-8(9(13)11-14-12)7-4-2-1-3-5-7/h1-5,11,13H. The first kappa shape index (κ1) is 8.41. The van der Waals surface area contributed by atoms with Crippen molar-refractivity contribution in [3.63, 3.8) is 0 Å². The third-order valence-corrected chi connectivity index (χ3v) is 1.80. The van der Waals surface area contributed by atoms with Crippen molar-refractivity contribution >= 4 is 5.70 Å². The van der Waals surface area contributed by atoms with E-state index in [0.29, 0.717) is 11.3 Å². The van der Waals surface area contributed by atoms with Gasteiger partial charge in [-0.3, -0.25) is 0 Å². The van der Waals surface area contributed by atoms with Gasteiger partial charge in [-0.2, -0.15) is 5.26 Å². The van der Waals surface area contributed by atoms with Crippen LogP contribution in [0.5, 0.6) is 0 Å². The molecular weight excluding hydrogens is 182 g/mol. The number of hydrogen-bond acceptors (Lipinski definition) is 5. The van der Waals surface area contributed by atoms with Crippen LogP contribution in [-0.2, 0) is 4.94 Å². The topological polar surface area (TPSA) is 68.5 Å². The van der Waals surface area contributed by atoms with E-state index in [4.69, 9.17) is 5.26 Å². The maximum absolute atomic E-state index is 9.39. The molecule has 0 aliphatic carbocycles. The molecule has 0 unspecified atom stereocenters. The van der Waals surface area contributed by atoms with Crippen LogP contribution in [0.3, 0.4) is 0 Å². The Hall–Kier alpha value is -2.19. The summed E-state index contributed by atoms with van der Waals surface area (Å²) < 4.78 is 0. The van der Waals surface area contributed by atoms with E-state index in [2.05, 4.69) is 10.4 Å². The first-order valence-corrected chi connectivity index (χ1v) is 3.94. The molecule has 2 N–H and O–H groups in total. The van der Waals surface area contributed by atoms with Gasteiger partial charge in [0.05, 0.1) is 0 Å². The molecule has 1 aromatic carbocycles. The van der Waals surface area contributed by atoms with Crippen LogP contribution in [0.1, 0.15) is 5.56 Å². The van der Waals surface area contributed by atoms with Crippen LogP contribution in [0.2, 0.25) is 0 Å². The number of rotatable bonds is 1.